The summed E-state index contributed by atoms with van der Waals surface area (Å²) in [4.78, 5) is 5.07. The van der Waals surface area contributed by atoms with Crippen LogP contribution in [0.25, 0.3) is 55.2 Å². The number of furan rings is 2. The average molecular weight is 516 g/mol. The largest absolute Gasteiger partial charge is 0.461 e. The molecule has 0 bridgehead atoms. The van der Waals surface area contributed by atoms with Gasteiger partial charge in [0.1, 0.15) is 17.1 Å². The number of benzene rings is 3. The van der Waals surface area contributed by atoms with E-state index in [2.05, 4.69) is 109 Å². The lowest BCUT2D eigenvalue weighted by atomic mass is 9.82. The fourth-order valence-electron chi connectivity index (χ4n) is 5.82. The molecular weight excluding hydrogens is 478 g/mol. The van der Waals surface area contributed by atoms with Crippen LogP contribution in [0.2, 0.25) is 0 Å². The summed E-state index contributed by atoms with van der Waals surface area (Å²) in [5.41, 5.74) is 9.55. The Kier molecular flexibility index (Phi) is 5.95. The van der Waals surface area contributed by atoms with Gasteiger partial charge in [-0.15, -0.1) is 0 Å². The van der Waals surface area contributed by atoms with Crippen molar-refractivity contribution in [2.45, 2.75) is 67.2 Å². The normalized spacial score (nSPS) is 12.4. The number of pyridine rings is 1. The van der Waals surface area contributed by atoms with Crippen LogP contribution in [0.4, 0.5) is 0 Å². The number of hydrogen-bond acceptors (Lipinski definition) is 3. The Morgan fingerprint density at radius 1 is 0.795 bits per heavy atom. The van der Waals surface area contributed by atoms with Crippen LogP contribution in [0.15, 0.2) is 69.5 Å². The number of hydrogen-bond donors (Lipinski definition) is 0. The van der Waals surface area contributed by atoms with Gasteiger partial charge in [0.05, 0.1) is 11.1 Å². The minimum Gasteiger partial charge on any atom is -0.461 e. The SMILES string of the molecule is Cc1oc2nc(-c3cc(C(C)(C)C)c4ccccc4c3)cc(-c3ccc4c(C)c(CC(C)C)oc4c3)c2c1C. The molecule has 0 saturated carbocycles. The number of nitrogens with zero attached hydrogens (tertiary/aromatic N) is 1. The molecule has 6 rings (SSSR count). The summed E-state index contributed by atoms with van der Waals surface area (Å²) >= 11 is 0. The molecule has 0 amide bonds. The molecule has 6 aromatic rings. The van der Waals surface area contributed by atoms with Gasteiger partial charge in [-0.2, -0.15) is 0 Å². The van der Waals surface area contributed by atoms with Crippen molar-refractivity contribution in [2.24, 2.45) is 5.92 Å². The smallest absolute Gasteiger partial charge is 0.227 e. The van der Waals surface area contributed by atoms with E-state index in [1.54, 1.807) is 0 Å². The van der Waals surface area contributed by atoms with Gasteiger partial charge in [0.15, 0.2) is 0 Å². The van der Waals surface area contributed by atoms with E-state index in [9.17, 15) is 0 Å². The maximum Gasteiger partial charge on any atom is 0.227 e. The van der Waals surface area contributed by atoms with Gasteiger partial charge in [0, 0.05) is 22.9 Å². The second kappa shape index (κ2) is 9.12. The molecule has 3 aromatic heterocycles. The third kappa shape index (κ3) is 4.34. The van der Waals surface area contributed by atoms with Crippen LogP contribution in [0.3, 0.4) is 0 Å². The van der Waals surface area contributed by atoms with E-state index in [-0.39, 0.29) is 5.41 Å². The van der Waals surface area contributed by atoms with Crippen LogP contribution in [0.1, 0.15) is 62.8 Å². The van der Waals surface area contributed by atoms with Gasteiger partial charge in [-0.25, -0.2) is 4.98 Å². The predicted octanol–water partition coefficient (Wildman–Crippen LogP) is 10.5. The number of fused-ring (bicyclic) bond motifs is 3. The van der Waals surface area contributed by atoms with Gasteiger partial charge in [-0.1, -0.05) is 71.0 Å². The van der Waals surface area contributed by atoms with E-state index >= 15 is 0 Å². The Balaban J connectivity index is 1.60. The predicted molar refractivity (Wildman–Crippen MR) is 164 cm³/mol. The highest BCUT2D eigenvalue weighted by molar-refractivity contribution is 6.00. The zero-order valence-electron chi connectivity index (χ0n) is 24.3. The Labute approximate surface area is 230 Å². The molecule has 198 valence electrons. The fourth-order valence-corrected chi connectivity index (χ4v) is 5.82. The van der Waals surface area contributed by atoms with Gasteiger partial charge < -0.3 is 8.83 Å². The van der Waals surface area contributed by atoms with Gasteiger partial charge >= 0.3 is 0 Å². The third-order valence-electron chi connectivity index (χ3n) is 8.05. The van der Waals surface area contributed by atoms with Crippen molar-refractivity contribution in [1.82, 2.24) is 4.98 Å². The number of rotatable bonds is 4. The first-order chi connectivity index (χ1) is 18.5. The van der Waals surface area contributed by atoms with E-state index in [1.165, 1.54) is 27.3 Å². The summed E-state index contributed by atoms with van der Waals surface area (Å²) in [6, 6.07) is 22.0. The molecule has 0 spiro atoms. The van der Waals surface area contributed by atoms with Crippen LogP contribution >= 0.6 is 0 Å². The molecule has 3 aromatic carbocycles. The van der Waals surface area contributed by atoms with Gasteiger partial charge in [-0.05, 0) is 89.4 Å². The van der Waals surface area contributed by atoms with E-state index in [1.807, 2.05) is 6.92 Å². The minimum atomic E-state index is -0.00369. The second-order valence-electron chi connectivity index (χ2n) is 12.5. The first-order valence-electron chi connectivity index (χ1n) is 14.0. The quantitative estimate of drug-likeness (QED) is 0.234. The lowest BCUT2D eigenvalue weighted by Gasteiger charge is -2.23. The third-order valence-corrected chi connectivity index (χ3v) is 8.05. The first kappa shape index (κ1) is 25.4. The van der Waals surface area contributed by atoms with Crippen LogP contribution in [0, 0.1) is 26.7 Å². The van der Waals surface area contributed by atoms with E-state index in [0.717, 1.165) is 56.9 Å². The summed E-state index contributed by atoms with van der Waals surface area (Å²) in [5, 5.41) is 4.76. The molecule has 3 nitrogen and oxygen atoms in total. The minimum absolute atomic E-state index is 0.00369. The molecule has 0 aliphatic rings. The lowest BCUT2D eigenvalue weighted by molar-refractivity contribution is 0.496. The maximum absolute atomic E-state index is 6.40. The molecular formula is C36H37NO2. The summed E-state index contributed by atoms with van der Waals surface area (Å²) in [5.74, 6) is 2.53. The topological polar surface area (TPSA) is 39.2 Å². The van der Waals surface area contributed by atoms with E-state index < -0.39 is 0 Å². The van der Waals surface area contributed by atoms with Crippen molar-refractivity contribution in [3.8, 4) is 22.4 Å². The van der Waals surface area contributed by atoms with E-state index in [4.69, 9.17) is 13.8 Å². The molecule has 3 heteroatoms. The summed E-state index contributed by atoms with van der Waals surface area (Å²) in [6.07, 6.45) is 0.942. The zero-order valence-corrected chi connectivity index (χ0v) is 24.3. The van der Waals surface area contributed by atoms with Crippen molar-refractivity contribution in [2.75, 3.05) is 0 Å². The maximum atomic E-state index is 6.40. The van der Waals surface area contributed by atoms with Crippen molar-refractivity contribution >= 4 is 32.8 Å². The summed E-state index contributed by atoms with van der Waals surface area (Å²) in [6.45, 7) is 17.6. The fraction of sp³-hybridized carbons (Fsp3) is 0.306. The second-order valence-corrected chi connectivity index (χ2v) is 12.5. The summed E-state index contributed by atoms with van der Waals surface area (Å²) in [7, 11) is 0. The van der Waals surface area contributed by atoms with Crippen molar-refractivity contribution in [3.63, 3.8) is 0 Å². The zero-order chi connectivity index (χ0) is 27.6. The first-order valence-corrected chi connectivity index (χ1v) is 14.0. The highest BCUT2D eigenvalue weighted by Gasteiger charge is 2.22. The summed E-state index contributed by atoms with van der Waals surface area (Å²) < 4.78 is 12.6. The Hall–Kier alpha value is -3.85. The lowest BCUT2D eigenvalue weighted by Crippen LogP contribution is -2.12. The Morgan fingerprint density at radius 3 is 2.31 bits per heavy atom. The number of aromatic nitrogens is 1. The van der Waals surface area contributed by atoms with E-state index in [0.29, 0.717) is 11.6 Å². The Bertz CT molecular complexity index is 1870. The molecule has 0 fully saturated rings. The molecule has 0 unspecified atom stereocenters. The molecule has 0 saturated heterocycles. The van der Waals surface area contributed by atoms with Crippen LogP contribution in [-0.2, 0) is 11.8 Å². The molecule has 0 radical (unpaired) electrons. The highest BCUT2D eigenvalue weighted by atomic mass is 16.3. The van der Waals surface area contributed by atoms with Crippen LogP contribution < -0.4 is 0 Å². The molecule has 3 heterocycles. The van der Waals surface area contributed by atoms with Crippen molar-refractivity contribution in [3.05, 3.63) is 88.9 Å². The molecule has 0 N–H and O–H groups in total. The average Bonchev–Trinajstić information content (AvgIpc) is 3.35. The van der Waals surface area contributed by atoms with Gasteiger partial charge in [0.25, 0.3) is 0 Å². The van der Waals surface area contributed by atoms with Crippen molar-refractivity contribution < 1.29 is 8.83 Å². The molecule has 0 aliphatic carbocycles. The number of aryl methyl sites for hydroxylation is 3. The van der Waals surface area contributed by atoms with Gasteiger partial charge in [-0.3, -0.25) is 0 Å². The van der Waals surface area contributed by atoms with Crippen molar-refractivity contribution in [1.29, 1.82) is 0 Å². The monoisotopic (exact) mass is 515 g/mol. The van der Waals surface area contributed by atoms with Crippen LogP contribution in [0.5, 0.6) is 0 Å². The molecule has 0 aliphatic heterocycles. The standard InChI is InChI=1S/C36H37NO2/c1-20(2)15-32-22(4)27-14-13-25(18-33(27)39-32)29-19-31(37-35-34(29)21(3)23(5)38-35)26-16-24-11-9-10-12-28(24)30(17-26)36(6,7)8/h9-14,16-20H,15H2,1-8H3. The van der Waals surface area contributed by atoms with Crippen LogP contribution in [-0.4, -0.2) is 4.98 Å². The highest BCUT2D eigenvalue weighted by Crippen LogP contribution is 2.40. The Morgan fingerprint density at radius 2 is 1.56 bits per heavy atom. The van der Waals surface area contributed by atoms with Gasteiger partial charge in [0.2, 0.25) is 5.71 Å². The molecule has 0 atom stereocenters. The molecule has 39 heavy (non-hydrogen) atoms.